The Balaban J connectivity index is 2.46. The summed E-state index contributed by atoms with van der Waals surface area (Å²) in [7, 11) is 0. The fourth-order valence-electron chi connectivity index (χ4n) is 5.10. The molecule has 0 aliphatic carbocycles. The molecule has 2 rings (SSSR count). The summed E-state index contributed by atoms with van der Waals surface area (Å²) in [5, 5.41) is 23.3. The van der Waals surface area contributed by atoms with Crippen molar-refractivity contribution in [1.82, 2.24) is 31.6 Å². The molecule has 1 radical (unpaired) electrons. The number of rotatable bonds is 19. The Morgan fingerprint density at radius 2 is 1.31 bits per heavy atom. The number of para-hydroxylation sites is 1. The van der Waals surface area contributed by atoms with Crippen LogP contribution in [0.5, 0.6) is 0 Å². The minimum atomic E-state index is -1.58. The summed E-state index contributed by atoms with van der Waals surface area (Å²) < 4.78 is 0. The van der Waals surface area contributed by atoms with Gasteiger partial charge in [-0.2, -0.15) is 0 Å². The number of carbonyl (C=O) groups excluding carboxylic acids is 6. The van der Waals surface area contributed by atoms with Gasteiger partial charge in [0, 0.05) is 30.4 Å². The highest BCUT2D eigenvalue weighted by Gasteiger charge is 2.35. The Kier molecular flexibility index (Phi) is 15.2. The molecule has 0 saturated carbocycles. The maximum atomic E-state index is 13.9. The molecule has 7 N–H and O–H groups in total. The third-order valence-electron chi connectivity index (χ3n) is 8.48. The van der Waals surface area contributed by atoms with Crippen LogP contribution in [0.15, 0.2) is 30.5 Å². The van der Waals surface area contributed by atoms with Gasteiger partial charge >= 0.3 is 5.97 Å². The Bertz CT molecular complexity index is 1460. The Morgan fingerprint density at radius 3 is 1.85 bits per heavy atom. The van der Waals surface area contributed by atoms with Gasteiger partial charge in [0.05, 0.1) is 12.5 Å². The quantitative estimate of drug-likeness (QED) is 0.116. The molecule has 5 amide bonds. The van der Waals surface area contributed by atoms with E-state index in [1.165, 1.54) is 6.92 Å². The molecule has 1 heterocycles. The number of aromatic amines is 1. The van der Waals surface area contributed by atoms with Crippen molar-refractivity contribution in [2.75, 3.05) is 0 Å². The minimum absolute atomic E-state index is 0.0533. The minimum Gasteiger partial charge on any atom is -0.481 e. The second-order valence-corrected chi connectivity index (χ2v) is 12.6. The van der Waals surface area contributed by atoms with Crippen LogP contribution in [-0.4, -0.2) is 82.1 Å². The summed E-state index contributed by atoms with van der Waals surface area (Å²) in [6, 6.07) is 1.38. The van der Waals surface area contributed by atoms with Gasteiger partial charge in [-0.1, -0.05) is 72.6 Å². The molecule has 0 bridgehead atoms. The number of carbonyl (C=O) groups is 6. The lowest BCUT2D eigenvalue weighted by atomic mass is 9.94. The van der Waals surface area contributed by atoms with Crippen LogP contribution in [0.3, 0.4) is 0 Å². The maximum Gasteiger partial charge on any atom is 0.305 e. The zero-order chi connectivity index (χ0) is 36.1. The first kappa shape index (κ1) is 39.4. The highest BCUT2D eigenvalue weighted by Crippen LogP contribution is 2.20. The molecular weight excluding hydrogens is 620 g/mol. The number of amides is 5. The van der Waals surface area contributed by atoms with E-state index in [0.29, 0.717) is 18.4 Å². The lowest BCUT2D eigenvalue weighted by molar-refractivity contribution is -0.141. The fourth-order valence-corrected chi connectivity index (χ4v) is 5.10. The molecule has 0 aliphatic heterocycles. The topological polar surface area (TPSA) is 216 Å². The Morgan fingerprint density at radius 1 is 0.771 bits per heavy atom. The van der Waals surface area contributed by atoms with E-state index in [1.807, 2.05) is 38.1 Å². The Labute approximate surface area is 280 Å². The predicted octanol–water partition coefficient (Wildman–Crippen LogP) is 1.49. The molecule has 14 nitrogen and oxygen atoms in total. The molecule has 0 aliphatic rings. The highest BCUT2D eigenvalue weighted by molar-refractivity contribution is 5.97. The van der Waals surface area contributed by atoms with Gasteiger partial charge in [0.25, 0.3) is 0 Å². The summed E-state index contributed by atoms with van der Waals surface area (Å²) in [4.78, 5) is 92.3. The monoisotopic (exact) mass is 669 g/mol. The third kappa shape index (κ3) is 11.2. The average molecular weight is 670 g/mol. The zero-order valence-electron chi connectivity index (χ0n) is 28.6. The number of benzene rings is 1. The first-order chi connectivity index (χ1) is 22.6. The third-order valence-corrected chi connectivity index (χ3v) is 8.48. The van der Waals surface area contributed by atoms with Gasteiger partial charge in [-0.3, -0.25) is 33.6 Å². The highest BCUT2D eigenvalue weighted by atomic mass is 16.4. The molecule has 14 heteroatoms. The summed E-state index contributed by atoms with van der Waals surface area (Å²) in [5.74, 6) is -5.74. The maximum absolute atomic E-state index is 13.9. The second-order valence-electron chi connectivity index (χ2n) is 12.6. The van der Waals surface area contributed by atoms with Crippen molar-refractivity contribution in [2.45, 2.75) is 104 Å². The van der Waals surface area contributed by atoms with Crippen LogP contribution in [0, 0.1) is 17.8 Å². The molecule has 48 heavy (non-hydrogen) atoms. The number of carboxylic acids is 1. The number of H-pyrrole nitrogens is 1. The van der Waals surface area contributed by atoms with Crippen molar-refractivity contribution in [2.24, 2.45) is 17.8 Å². The number of hydrogen-bond acceptors (Lipinski definition) is 7. The van der Waals surface area contributed by atoms with Crippen LogP contribution in [-0.2, 0) is 40.0 Å². The van der Waals surface area contributed by atoms with E-state index in [0.717, 1.165) is 10.9 Å². The van der Waals surface area contributed by atoms with Gasteiger partial charge in [0.1, 0.15) is 24.2 Å². The van der Waals surface area contributed by atoms with E-state index in [1.54, 1.807) is 40.2 Å². The van der Waals surface area contributed by atoms with E-state index in [9.17, 15) is 38.7 Å². The van der Waals surface area contributed by atoms with Crippen LogP contribution < -0.4 is 26.6 Å². The van der Waals surface area contributed by atoms with Crippen molar-refractivity contribution in [3.05, 3.63) is 36.0 Å². The average Bonchev–Trinajstić information content (AvgIpc) is 3.45. The van der Waals surface area contributed by atoms with Crippen molar-refractivity contribution in [1.29, 1.82) is 0 Å². The SMILES string of the molecule is CC[C@H](C)[C@H](NC(C)=O)C(=O)N[C@H](C(=O)N[C@@H](Cc1c[nH]c2ccccc12)C(=O)N[C@@H](CC(=O)O)C(=O)N[C@H]([C]=O)C(C)C)[C@@H](C)CC. The molecule has 2 aromatic rings. The van der Waals surface area contributed by atoms with Gasteiger partial charge in [0.2, 0.25) is 35.8 Å². The summed E-state index contributed by atoms with van der Waals surface area (Å²) in [6.07, 6.45) is 3.61. The van der Waals surface area contributed by atoms with Gasteiger partial charge in [-0.15, -0.1) is 0 Å². The standard InChI is InChI=1S/C34H49N6O8/c1-8-19(5)29(36-21(7)42)34(48)40-30(20(6)9-2)33(47)38-25(14-22-16-35-24-13-11-10-12-23(22)24)31(45)37-26(15-28(43)44)32(46)39-27(17-41)18(3)4/h10-13,16,18-20,25-27,29-30,35H,8-9,14-15H2,1-7H3,(H,36,42)(H,37,45)(H,38,47)(H,39,46)(H,40,48)(H,43,44)/t19-,20-,25-,26-,27+,29-,30-/m0/s1. The van der Waals surface area contributed by atoms with E-state index in [-0.39, 0.29) is 18.3 Å². The molecule has 0 saturated heterocycles. The van der Waals surface area contributed by atoms with Crippen molar-refractivity contribution in [3.8, 4) is 0 Å². The summed E-state index contributed by atoms with van der Waals surface area (Å²) >= 11 is 0. The van der Waals surface area contributed by atoms with Crippen LogP contribution in [0.1, 0.15) is 73.3 Å². The molecule has 1 aromatic heterocycles. The van der Waals surface area contributed by atoms with Crippen LogP contribution in [0.25, 0.3) is 10.9 Å². The number of fused-ring (bicyclic) bond motifs is 1. The lowest BCUT2D eigenvalue weighted by Crippen LogP contribution is -2.61. The Hall–Kier alpha value is -4.75. The van der Waals surface area contributed by atoms with Crippen molar-refractivity contribution in [3.63, 3.8) is 0 Å². The van der Waals surface area contributed by atoms with E-state index >= 15 is 0 Å². The number of hydrogen-bond donors (Lipinski definition) is 7. The molecule has 7 atom stereocenters. The first-order valence-corrected chi connectivity index (χ1v) is 16.3. The molecule has 263 valence electrons. The van der Waals surface area contributed by atoms with E-state index < -0.39 is 78.1 Å². The van der Waals surface area contributed by atoms with Crippen LogP contribution >= 0.6 is 0 Å². The van der Waals surface area contributed by atoms with Gasteiger partial charge in [-0.25, -0.2) is 0 Å². The van der Waals surface area contributed by atoms with Crippen molar-refractivity contribution < 1.29 is 38.7 Å². The van der Waals surface area contributed by atoms with Crippen molar-refractivity contribution >= 4 is 52.7 Å². The smallest absolute Gasteiger partial charge is 0.305 e. The number of nitrogens with one attached hydrogen (secondary N) is 6. The molecular formula is C34H49N6O8. The molecule has 1 aromatic carbocycles. The largest absolute Gasteiger partial charge is 0.481 e. The second kappa shape index (κ2) is 18.6. The summed E-state index contributed by atoms with van der Waals surface area (Å²) in [6.45, 7) is 11.9. The normalized spacial score (nSPS) is 15.6. The number of aliphatic carboxylic acids is 1. The molecule has 0 unspecified atom stereocenters. The van der Waals surface area contributed by atoms with E-state index in [2.05, 4.69) is 31.6 Å². The first-order valence-electron chi connectivity index (χ1n) is 16.3. The van der Waals surface area contributed by atoms with Gasteiger partial charge in [-0.05, 0) is 29.4 Å². The molecule has 0 fully saturated rings. The van der Waals surface area contributed by atoms with Gasteiger partial charge in [0.15, 0.2) is 0 Å². The zero-order valence-corrected chi connectivity index (χ0v) is 28.6. The predicted molar refractivity (Wildman–Crippen MR) is 179 cm³/mol. The molecule has 0 spiro atoms. The number of aromatic nitrogens is 1. The van der Waals surface area contributed by atoms with Crippen LogP contribution in [0.2, 0.25) is 0 Å². The van der Waals surface area contributed by atoms with Crippen LogP contribution in [0.4, 0.5) is 0 Å². The lowest BCUT2D eigenvalue weighted by Gasteiger charge is -2.30. The number of carboxylic acid groups (broad SMARTS) is 1. The summed E-state index contributed by atoms with van der Waals surface area (Å²) in [5.41, 5.74) is 1.44. The fraction of sp³-hybridized carbons (Fsp3) is 0.559. The van der Waals surface area contributed by atoms with Gasteiger partial charge < -0.3 is 36.7 Å². The van der Waals surface area contributed by atoms with E-state index in [4.69, 9.17) is 0 Å².